The van der Waals surface area contributed by atoms with Gasteiger partial charge in [0.05, 0.1) is 6.54 Å². The number of rotatable bonds is 7. The predicted octanol–water partition coefficient (Wildman–Crippen LogP) is 2.29. The summed E-state index contributed by atoms with van der Waals surface area (Å²) >= 11 is 1.32. The van der Waals surface area contributed by atoms with Gasteiger partial charge in [-0.05, 0) is 25.5 Å². The van der Waals surface area contributed by atoms with E-state index in [4.69, 9.17) is 4.52 Å². The van der Waals surface area contributed by atoms with Crippen molar-refractivity contribution in [1.82, 2.24) is 19.3 Å². The minimum atomic E-state index is -3.37. The number of sulfonamides is 1. The number of unbranched alkanes of at least 4 members (excludes halogenated alkanes) is 1. The zero-order valence-electron chi connectivity index (χ0n) is 14.6. The van der Waals surface area contributed by atoms with Crippen molar-refractivity contribution in [2.75, 3.05) is 26.2 Å². The van der Waals surface area contributed by atoms with Crippen molar-refractivity contribution in [3.05, 3.63) is 28.7 Å². The molecule has 7 nitrogen and oxygen atoms in total. The van der Waals surface area contributed by atoms with Gasteiger partial charge in [-0.25, -0.2) is 8.42 Å². The monoisotopic (exact) mass is 384 g/mol. The first-order valence-corrected chi connectivity index (χ1v) is 10.8. The number of thiophene rings is 1. The van der Waals surface area contributed by atoms with Gasteiger partial charge >= 0.3 is 0 Å². The van der Waals surface area contributed by atoms with Gasteiger partial charge in [-0.3, -0.25) is 4.90 Å². The van der Waals surface area contributed by atoms with E-state index in [0.29, 0.717) is 42.8 Å². The van der Waals surface area contributed by atoms with Crippen LogP contribution in [-0.4, -0.2) is 53.9 Å². The number of hydrogen-bond acceptors (Lipinski definition) is 7. The summed E-state index contributed by atoms with van der Waals surface area (Å²) < 4.78 is 32.6. The van der Waals surface area contributed by atoms with Gasteiger partial charge in [-0.2, -0.15) is 9.29 Å². The number of aromatic nitrogens is 2. The molecule has 1 saturated heterocycles. The first kappa shape index (κ1) is 18.5. The Balaban J connectivity index is 1.54. The Bertz CT molecular complexity index is 792. The minimum absolute atomic E-state index is 0.427. The van der Waals surface area contributed by atoms with Crippen molar-refractivity contribution in [1.29, 1.82) is 0 Å². The number of nitrogens with zero attached hydrogens (tertiary/aromatic N) is 4. The topological polar surface area (TPSA) is 79.5 Å². The summed E-state index contributed by atoms with van der Waals surface area (Å²) in [6.07, 6.45) is 2.99. The maximum atomic E-state index is 12.6. The van der Waals surface area contributed by atoms with Crippen LogP contribution in [0.3, 0.4) is 0 Å². The number of piperazine rings is 1. The second kappa shape index (κ2) is 7.94. The lowest BCUT2D eigenvalue weighted by molar-refractivity contribution is 0.163. The highest BCUT2D eigenvalue weighted by atomic mass is 32.2. The zero-order valence-corrected chi connectivity index (χ0v) is 16.3. The van der Waals surface area contributed by atoms with Crippen LogP contribution in [-0.2, 0) is 23.0 Å². The Morgan fingerprint density at radius 2 is 2.00 bits per heavy atom. The second-order valence-electron chi connectivity index (χ2n) is 6.25. The lowest BCUT2D eigenvalue weighted by Gasteiger charge is -2.32. The molecule has 1 aliphatic rings. The highest BCUT2D eigenvalue weighted by Gasteiger charge is 2.30. The van der Waals surface area contributed by atoms with Crippen molar-refractivity contribution < 1.29 is 12.9 Å². The van der Waals surface area contributed by atoms with E-state index in [0.717, 1.165) is 30.0 Å². The summed E-state index contributed by atoms with van der Waals surface area (Å²) in [4.78, 5) is 7.57. The number of aryl methyl sites for hydroxylation is 2. The Labute approximate surface area is 152 Å². The maximum Gasteiger partial charge on any atom is 0.252 e. The molecule has 0 radical (unpaired) electrons. The van der Waals surface area contributed by atoms with Gasteiger partial charge in [-0.1, -0.05) is 18.5 Å². The molecule has 2 aromatic rings. The van der Waals surface area contributed by atoms with Gasteiger partial charge in [-0.15, -0.1) is 11.3 Å². The van der Waals surface area contributed by atoms with Gasteiger partial charge in [0.1, 0.15) is 4.21 Å². The third-order valence-electron chi connectivity index (χ3n) is 4.26. The SMILES string of the molecule is CCCCc1noc(CN2CCN(S(=O)(=O)c3ccc(C)s3)CC2)n1. The summed E-state index contributed by atoms with van der Waals surface area (Å²) in [5.74, 6) is 1.36. The zero-order chi connectivity index (χ0) is 17.9. The van der Waals surface area contributed by atoms with Gasteiger partial charge < -0.3 is 4.52 Å². The summed E-state index contributed by atoms with van der Waals surface area (Å²) in [6.45, 7) is 6.91. The molecule has 3 heterocycles. The lowest BCUT2D eigenvalue weighted by atomic mass is 10.2. The lowest BCUT2D eigenvalue weighted by Crippen LogP contribution is -2.48. The van der Waals surface area contributed by atoms with Gasteiger partial charge in [0.25, 0.3) is 10.0 Å². The molecule has 0 N–H and O–H groups in total. The van der Waals surface area contributed by atoms with Gasteiger partial charge in [0, 0.05) is 37.5 Å². The van der Waals surface area contributed by atoms with Crippen LogP contribution in [0.2, 0.25) is 0 Å². The van der Waals surface area contributed by atoms with E-state index in [1.807, 2.05) is 13.0 Å². The number of hydrogen-bond donors (Lipinski definition) is 0. The third kappa shape index (κ3) is 4.46. The van der Waals surface area contributed by atoms with E-state index in [1.165, 1.54) is 11.3 Å². The Morgan fingerprint density at radius 3 is 2.64 bits per heavy atom. The molecule has 1 fully saturated rings. The van der Waals surface area contributed by atoms with Crippen LogP contribution in [0.25, 0.3) is 0 Å². The minimum Gasteiger partial charge on any atom is -0.338 e. The molecule has 0 bridgehead atoms. The third-order valence-corrected chi connectivity index (χ3v) is 7.63. The molecule has 3 rings (SSSR count). The molecule has 1 aliphatic heterocycles. The normalized spacial score (nSPS) is 17.2. The molecule has 0 spiro atoms. The van der Waals surface area contributed by atoms with E-state index in [2.05, 4.69) is 22.0 Å². The molecule has 25 heavy (non-hydrogen) atoms. The van der Waals surface area contributed by atoms with Crippen molar-refractivity contribution in [3.63, 3.8) is 0 Å². The molecular weight excluding hydrogens is 360 g/mol. The van der Waals surface area contributed by atoms with Crippen LogP contribution < -0.4 is 0 Å². The molecule has 0 atom stereocenters. The fourth-order valence-electron chi connectivity index (χ4n) is 2.79. The van der Waals surface area contributed by atoms with Crippen molar-refractivity contribution in [2.24, 2.45) is 0 Å². The van der Waals surface area contributed by atoms with E-state index in [9.17, 15) is 8.42 Å². The summed E-state index contributed by atoms with van der Waals surface area (Å²) in [5.41, 5.74) is 0. The first-order chi connectivity index (χ1) is 12.0. The Morgan fingerprint density at radius 1 is 1.24 bits per heavy atom. The van der Waals surface area contributed by atoms with Crippen LogP contribution in [0.5, 0.6) is 0 Å². The van der Waals surface area contributed by atoms with E-state index < -0.39 is 10.0 Å². The Hall–Kier alpha value is -1.29. The summed E-state index contributed by atoms with van der Waals surface area (Å²) in [6, 6.07) is 3.54. The van der Waals surface area contributed by atoms with Crippen LogP contribution in [0, 0.1) is 6.92 Å². The fraction of sp³-hybridized carbons (Fsp3) is 0.625. The highest BCUT2D eigenvalue weighted by molar-refractivity contribution is 7.91. The summed E-state index contributed by atoms with van der Waals surface area (Å²) in [7, 11) is -3.37. The molecule has 0 unspecified atom stereocenters. The van der Waals surface area contributed by atoms with Crippen molar-refractivity contribution >= 4 is 21.4 Å². The first-order valence-electron chi connectivity index (χ1n) is 8.59. The average Bonchev–Trinajstić information content (AvgIpc) is 3.23. The van der Waals surface area contributed by atoms with Gasteiger partial charge in [0.15, 0.2) is 5.82 Å². The predicted molar refractivity (Wildman–Crippen MR) is 96.0 cm³/mol. The van der Waals surface area contributed by atoms with E-state index in [-0.39, 0.29) is 0 Å². The van der Waals surface area contributed by atoms with Crippen LogP contribution >= 0.6 is 11.3 Å². The average molecular weight is 385 g/mol. The molecule has 2 aromatic heterocycles. The quantitative estimate of drug-likeness (QED) is 0.729. The van der Waals surface area contributed by atoms with E-state index in [1.54, 1.807) is 10.4 Å². The smallest absolute Gasteiger partial charge is 0.252 e. The molecular formula is C16H24N4O3S2. The summed E-state index contributed by atoms with van der Waals surface area (Å²) in [5, 5.41) is 4.00. The maximum absolute atomic E-state index is 12.6. The van der Waals surface area contributed by atoms with Gasteiger partial charge in [0.2, 0.25) is 5.89 Å². The molecule has 138 valence electrons. The van der Waals surface area contributed by atoms with Crippen molar-refractivity contribution in [2.45, 2.75) is 43.9 Å². The largest absolute Gasteiger partial charge is 0.338 e. The highest BCUT2D eigenvalue weighted by Crippen LogP contribution is 2.25. The molecule has 0 amide bonds. The molecule has 9 heteroatoms. The van der Waals surface area contributed by atoms with E-state index >= 15 is 0 Å². The van der Waals surface area contributed by atoms with Crippen LogP contribution in [0.1, 0.15) is 36.4 Å². The van der Waals surface area contributed by atoms with Crippen LogP contribution in [0.15, 0.2) is 20.9 Å². The molecule has 0 saturated carbocycles. The molecule has 0 aliphatic carbocycles. The van der Waals surface area contributed by atoms with Crippen molar-refractivity contribution in [3.8, 4) is 0 Å². The standard InChI is InChI=1S/C16H24N4O3S2/c1-3-4-5-14-17-15(23-18-14)12-19-8-10-20(11-9-19)25(21,22)16-7-6-13(2)24-16/h6-7H,3-5,8-12H2,1-2H3. The fourth-order valence-corrected chi connectivity index (χ4v) is 5.65. The second-order valence-corrected chi connectivity index (χ2v) is 9.71. The Kier molecular flexibility index (Phi) is 5.88. The molecule has 0 aromatic carbocycles. The van der Waals surface area contributed by atoms with Crippen LogP contribution in [0.4, 0.5) is 0 Å².